The van der Waals surface area contributed by atoms with Crippen molar-refractivity contribution in [2.45, 2.75) is 97.1 Å². The Kier molecular flexibility index (Phi) is 11.7. The summed E-state index contributed by atoms with van der Waals surface area (Å²) in [5.41, 5.74) is -0.0697. The van der Waals surface area contributed by atoms with Crippen molar-refractivity contribution in [1.29, 1.82) is 0 Å². The third kappa shape index (κ3) is 7.27. The molecule has 0 atom stereocenters. The maximum atomic E-state index is 6.60. The molecule has 0 aliphatic carbocycles. The molecule has 0 unspecified atom stereocenters. The van der Waals surface area contributed by atoms with Gasteiger partial charge >= 0.3 is 8.80 Å². The van der Waals surface area contributed by atoms with Crippen molar-refractivity contribution in [3.63, 3.8) is 0 Å². The molecule has 0 aromatic heterocycles. The van der Waals surface area contributed by atoms with E-state index >= 15 is 0 Å². The quantitative estimate of drug-likeness (QED) is 0.310. The first-order valence-corrected chi connectivity index (χ1v) is 10.8. The first-order valence-electron chi connectivity index (χ1n) is 8.88. The van der Waals surface area contributed by atoms with Gasteiger partial charge in [-0.2, -0.15) is 0 Å². The molecule has 0 aliphatic heterocycles. The Hall–Kier alpha value is 0.0969. The molecule has 3 nitrogen and oxygen atoms in total. The van der Waals surface area contributed by atoms with Crippen molar-refractivity contribution in [3.05, 3.63) is 0 Å². The van der Waals surface area contributed by atoms with E-state index in [1.54, 1.807) is 14.2 Å². The topological polar surface area (TPSA) is 27.7 Å². The predicted octanol–water partition coefficient (Wildman–Crippen LogP) is 5.56. The van der Waals surface area contributed by atoms with Gasteiger partial charge in [0.15, 0.2) is 0 Å². The molecule has 0 fully saturated rings. The van der Waals surface area contributed by atoms with Crippen molar-refractivity contribution < 1.29 is 13.3 Å². The van der Waals surface area contributed by atoms with Crippen LogP contribution in [0.3, 0.4) is 0 Å². The molecule has 128 valence electrons. The molecule has 0 saturated carbocycles. The van der Waals surface area contributed by atoms with Crippen LogP contribution in [0.5, 0.6) is 0 Å². The Morgan fingerprint density at radius 2 is 1.33 bits per heavy atom. The molecule has 4 heteroatoms. The van der Waals surface area contributed by atoms with Crippen LogP contribution in [0.4, 0.5) is 0 Å². The summed E-state index contributed by atoms with van der Waals surface area (Å²) >= 11 is 0. The van der Waals surface area contributed by atoms with Gasteiger partial charge in [-0.1, -0.05) is 59.8 Å². The van der Waals surface area contributed by atoms with E-state index in [1.807, 2.05) is 0 Å². The van der Waals surface area contributed by atoms with Crippen LogP contribution in [-0.2, 0) is 13.3 Å². The molecule has 0 aliphatic rings. The van der Waals surface area contributed by atoms with Crippen LogP contribution in [0, 0.1) is 0 Å². The van der Waals surface area contributed by atoms with Gasteiger partial charge in [-0.3, -0.25) is 0 Å². The van der Waals surface area contributed by atoms with E-state index in [0.29, 0.717) is 0 Å². The van der Waals surface area contributed by atoms with Gasteiger partial charge in [-0.15, -0.1) is 0 Å². The molecule has 0 radical (unpaired) electrons. The van der Waals surface area contributed by atoms with Gasteiger partial charge in [0, 0.05) is 20.3 Å². The van der Waals surface area contributed by atoms with Crippen LogP contribution in [0.15, 0.2) is 0 Å². The fourth-order valence-corrected chi connectivity index (χ4v) is 5.50. The number of unbranched alkanes of at least 4 members (excludes halogenated alkanes) is 4. The van der Waals surface area contributed by atoms with E-state index in [-0.39, 0.29) is 5.60 Å². The van der Waals surface area contributed by atoms with Crippen LogP contribution in [0.1, 0.15) is 85.5 Å². The molecule has 0 spiro atoms. The molecular weight excluding hydrogens is 280 g/mol. The summed E-state index contributed by atoms with van der Waals surface area (Å²) < 4.78 is 18.1. The van der Waals surface area contributed by atoms with Crippen molar-refractivity contribution in [2.24, 2.45) is 0 Å². The van der Waals surface area contributed by atoms with Crippen LogP contribution < -0.4 is 0 Å². The van der Waals surface area contributed by atoms with Crippen molar-refractivity contribution in [3.8, 4) is 0 Å². The van der Waals surface area contributed by atoms with Crippen LogP contribution in [0.2, 0.25) is 6.04 Å². The molecule has 0 rings (SSSR count). The van der Waals surface area contributed by atoms with E-state index < -0.39 is 8.80 Å². The van der Waals surface area contributed by atoms with Gasteiger partial charge in [0.2, 0.25) is 0 Å². The lowest BCUT2D eigenvalue weighted by atomic mass is 9.91. The highest BCUT2D eigenvalue weighted by Crippen LogP contribution is 2.33. The highest BCUT2D eigenvalue weighted by atomic mass is 28.4. The average Bonchev–Trinajstić information content (AvgIpc) is 2.54. The smallest absolute Gasteiger partial charge is 0.377 e. The maximum Gasteiger partial charge on any atom is 0.500 e. The number of rotatable bonds is 14. The highest BCUT2D eigenvalue weighted by molar-refractivity contribution is 6.60. The third-order valence-corrected chi connectivity index (χ3v) is 7.56. The summed E-state index contributed by atoms with van der Waals surface area (Å²) in [5, 5.41) is 0. The fraction of sp³-hybridized carbons (Fsp3) is 1.00. The van der Waals surface area contributed by atoms with Crippen molar-refractivity contribution >= 4 is 8.80 Å². The molecular formula is C17H38O3Si. The second-order valence-corrected chi connectivity index (χ2v) is 8.88. The van der Waals surface area contributed by atoms with Crippen LogP contribution in [0.25, 0.3) is 0 Å². The molecule has 0 heterocycles. The van der Waals surface area contributed by atoms with Gasteiger partial charge in [0.05, 0.1) is 5.60 Å². The third-order valence-electron chi connectivity index (χ3n) is 4.61. The summed E-state index contributed by atoms with van der Waals surface area (Å²) in [5.74, 6) is 0. The minimum atomic E-state index is -2.51. The zero-order valence-electron chi connectivity index (χ0n) is 15.3. The molecule has 0 aromatic rings. The van der Waals surface area contributed by atoms with Gasteiger partial charge in [0.25, 0.3) is 0 Å². The summed E-state index contributed by atoms with van der Waals surface area (Å²) in [4.78, 5) is 0. The van der Waals surface area contributed by atoms with Crippen LogP contribution in [-0.4, -0.2) is 28.6 Å². The minimum absolute atomic E-state index is 0.0697. The molecule has 0 saturated heterocycles. The Labute approximate surface area is 134 Å². The monoisotopic (exact) mass is 318 g/mol. The zero-order valence-corrected chi connectivity index (χ0v) is 16.3. The summed E-state index contributed by atoms with van der Waals surface area (Å²) in [6.45, 7) is 8.91. The largest absolute Gasteiger partial charge is 0.500 e. The molecule has 21 heavy (non-hydrogen) atoms. The Bertz CT molecular complexity index is 238. The van der Waals surface area contributed by atoms with Crippen LogP contribution >= 0.6 is 0 Å². The summed E-state index contributed by atoms with van der Waals surface area (Å²) in [6, 6.07) is 0.924. The van der Waals surface area contributed by atoms with Gasteiger partial charge in [-0.25, -0.2) is 0 Å². The van der Waals surface area contributed by atoms with Gasteiger partial charge in [-0.05, 0) is 25.7 Å². The molecule has 0 N–H and O–H groups in total. The molecule has 0 aromatic carbocycles. The SMILES string of the molecule is CCCCCCC(CC)(CC)O[Si](CCCC)(OC)OC. The molecule has 0 bridgehead atoms. The molecule has 0 amide bonds. The van der Waals surface area contributed by atoms with E-state index in [9.17, 15) is 0 Å². The second kappa shape index (κ2) is 11.6. The summed E-state index contributed by atoms with van der Waals surface area (Å²) in [7, 11) is 0.987. The second-order valence-electron chi connectivity index (χ2n) is 6.00. The van der Waals surface area contributed by atoms with E-state index in [0.717, 1.165) is 38.1 Å². The first-order chi connectivity index (χ1) is 10.1. The minimum Gasteiger partial charge on any atom is -0.377 e. The summed E-state index contributed by atoms with van der Waals surface area (Å²) in [6.07, 6.45) is 10.6. The van der Waals surface area contributed by atoms with E-state index in [1.165, 1.54) is 25.7 Å². The van der Waals surface area contributed by atoms with Gasteiger partial charge in [0.1, 0.15) is 0 Å². The highest BCUT2D eigenvalue weighted by Gasteiger charge is 2.45. The first kappa shape index (κ1) is 21.1. The lowest BCUT2D eigenvalue weighted by molar-refractivity contribution is -0.0302. The Morgan fingerprint density at radius 3 is 1.76 bits per heavy atom. The Balaban J connectivity index is 4.80. The average molecular weight is 319 g/mol. The van der Waals surface area contributed by atoms with E-state index in [2.05, 4.69) is 27.7 Å². The predicted molar refractivity (Wildman–Crippen MR) is 92.6 cm³/mol. The lowest BCUT2D eigenvalue weighted by Gasteiger charge is -2.40. The standard InChI is InChI=1S/C17H38O3Si/c1-7-11-13-14-15-17(9-3,10-4)20-21(18-5,19-6)16-12-8-2/h7-16H2,1-6H3. The van der Waals surface area contributed by atoms with Crippen molar-refractivity contribution in [1.82, 2.24) is 0 Å². The van der Waals surface area contributed by atoms with Crippen molar-refractivity contribution in [2.75, 3.05) is 14.2 Å². The van der Waals surface area contributed by atoms with Gasteiger partial charge < -0.3 is 13.3 Å². The number of hydrogen-bond donors (Lipinski definition) is 0. The fourth-order valence-electron chi connectivity index (χ4n) is 2.82. The lowest BCUT2D eigenvalue weighted by Crippen LogP contribution is -2.51. The number of hydrogen-bond acceptors (Lipinski definition) is 3. The Morgan fingerprint density at radius 1 is 0.762 bits per heavy atom. The van der Waals surface area contributed by atoms with E-state index in [4.69, 9.17) is 13.3 Å². The zero-order chi connectivity index (χ0) is 16.2. The maximum absolute atomic E-state index is 6.60. The normalized spacial score (nSPS) is 12.9.